The fourth-order valence-electron chi connectivity index (χ4n) is 2.39. The normalized spacial score (nSPS) is 11.8. The molecule has 0 aliphatic carbocycles. The zero-order valence-electron chi connectivity index (χ0n) is 13.6. The minimum atomic E-state index is 0.616. The minimum absolute atomic E-state index is 0.616. The first-order chi connectivity index (χ1) is 9.27. The molecule has 1 radical (unpaired) electrons. The molecule has 0 heterocycles. The molecule has 0 aromatic carbocycles. The van der Waals surface area contributed by atoms with Crippen LogP contribution in [-0.2, 0) is 0 Å². The van der Waals surface area contributed by atoms with Gasteiger partial charge in [-0.25, -0.2) is 0 Å². The third-order valence-electron chi connectivity index (χ3n) is 3.71. The largest absolute Gasteiger partial charge is 0.0885 e. The van der Waals surface area contributed by atoms with Gasteiger partial charge in [-0.1, -0.05) is 90.7 Å². The van der Waals surface area contributed by atoms with Crippen LogP contribution in [0.2, 0.25) is 0 Å². The first-order valence-electron chi connectivity index (χ1n) is 8.75. The smallest absolute Gasteiger partial charge is 0.0351 e. The Kier molecular flexibility index (Phi) is 15.6. The Morgan fingerprint density at radius 2 is 1.21 bits per heavy atom. The van der Waals surface area contributed by atoms with Crippen LogP contribution in [-0.4, -0.2) is 0 Å². The maximum Gasteiger partial charge on any atom is -0.0351 e. The Morgan fingerprint density at radius 3 is 1.74 bits per heavy atom. The van der Waals surface area contributed by atoms with Gasteiger partial charge in [0.2, 0.25) is 0 Å². The van der Waals surface area contributed by atoms with Gasteiger partial charge in [0.25, 0.3) is 0 Å². The molecule has 19 heavy (non-hydrogen) atoms. The number of allylic oxidation sites excluding steroid dienone is 2. The Bertz CT molecular complexity index is 178. The molecule has 0 fully saturated rings. The molecule has 0 aliphatic heterocycles. The van der Waals surface area contributed by atoms with Crippen LogP contribution in [0.3, 0.4) is 0 Å². The van der Waals surface area contributed by atoms with E-state index < -0.39 is 0 Å². The quantitative estimate of drug-likeness (QED) is 0.232. The van der Waals surface area contributed by atoms with Crippen molar-refractivity contribution in [3.8, 4) is 0 Å². The fourth-order valence-corrected chi connectivity index (χ4v) is 2.39. The van der Waals surface area contributed by atoms with E-state index in [9.17, 15) is 0 Å². The molecule has 1 atom stereocenters. The van der Waals surface area contributed by atoms with E-state index in [1.54, 1.807) is 0 Å². The maximum atomic E-state index is 4.01. The van der Waals surface area contributed by atoms with Crippen molar-refractivity contribution in [2.75, 3.05) is 0 Å². The van der Waals surface area contributed by atoms with Crippen molar-refractivity contribution < 1.29 is 0 Å². The highest BCUT2D eigenvalue weighted by atomic mass is 14.0. The minimum Gasteiger partial charge on any atom is -0.0885 e. The number of hydrogen-bond acceptors (Lipinski definition) is 0. The summed E-state index contributed by atoms with van der Waals surface area (Å²) in [5, 5.41) is 0. The SMILES string of the molecule is [CH2]C(C)CCC/C=C/CCCCCCCCCCC. The number of rotatable bonds is 14. The van der Waals surface area contributed by atoms with Gasteiger partial charge in [-0.05, 0) is 31.6 Å². The second-order valence-corrected chi connectivity index (χ2v) is 6.12. The van der Waals surface area contributed by atoms with Gasteiger partial charge in [0.1, 0.15) is 0 Å². The van der Waals surface area contributed by atoms with Gasteiger partial charge in [-0.2, -0.15) is 0 Å². The molecule has 0 saturated carbocycles. The van der Waals surface area contributed by atoms with Crippen molar-refractivity contribution in [3.63, 3.8) is 0 Å². The van der Waals surface area contributed by atoms with Crippen LogP contribution in [0.4, 0.5) is 0 Å². The van der Waals surface area contributed by atoms with Crippen LogP contribution in [0.5, 0.6) is 0 Å². The van der Waals surface area contributed by atoms with Gasteiger partial charge in [-0.15, -0.1) is 0 Å². The molecule has 1 unspecified atom stereocenters. The van der Waals surface area contributed by atoms with Gasteiger partial charge in [0.15, 0.2) is 0 Å². The maximum absolute atomic E-state index is 4.01. The van der Waals surface area contributed by atoms with Gasteiger partial charge < -0.3 is 0 Å². The van der Waals surface area contributed by atoms with Gasteiger partial charge in [0.05, 0.1) is 0 Å². The molecule has 0 bridgehead atoms. The van der Waals surface area contributed by atoms with Gasteiger partial charge in [0, 0.05) is 0 Å². The van der Waals surface area contributed by atoms with Crippen molar-refractivity contribution >= 4 is 0 Å². The van der Waals surface area contributed by atoms with Crippen molar-refractivity contribution in [1.82, 2.24) is 0 Å². The van der Waals surface area contributed by atoms with E-state index in [1.807, 2.05) is 0 Å². The molecule has 0 spiro atoms. The lowest BCUT2D eigenvalue weighted by molar-refractivity contribution is 0.566. The Morgan fingerprint density at radius 1 is 0.737 bits per heavy atom. The molecule has 113 valence electrons. The van der Waals surface area contributed by atoms with E-state index in [1.165, 1.54) is 83.5 Å². The first kappa shape index (κ1) is 18.7. The summed E-state index contributed by atoms with van der Waals surface area (Å²) in [6.45, 7) is 8.50. The van der Waals surface area contributed by atoms with Crippen LogP contribution in [0.1, 0.15) is 97.3 Å². The average Bonchev–Trinajstić information content (AvgIpc) is 2.39. The van der Waals surface area contributed by atoms with E-state index in [4.69, 9.17) is 0 Å². The Labute approximate surface area is 123 Å². The summed E-state index contributed by atoms with van der Waals surface area (Å²) in [6.07, 6.45) is 22.7. The fraction of sp³-hybridized carbons (Fsp3) is 0.842. The molecular weight excluding hydrogens is 228 g/mol. The zero-order chi connectivity index (χ0) is 14.2. The summed E-state index contributed by atoms with van der Waals surface area (Å²) in [7, 11) is 0. The third-order valence-corrected chi connectivity index (χ3v) is 3.71. The monoisotopic (exact) mass is 265 g/mol. The van der Waals surface area contributed by atoms with E-state index in [0.29, 0.717) is 5.92 Å². The van der Waals surface area contributed by atoms with Crippen LogP contribution in [0.25, 0.3) is 0 Å². The summed E-state index contributed by atoms with van der Waals surface area (Å²) in [5.74, 6) is 0.616. The molecule has 0 amide bonds. The molecule has 0 aromatic heterocycles. The highest BCUT2D eigenvalue weighted by molar-refractivity contribution is 4.81. The van der Waals surface area contributed by atoms with Crippen LogP contribution in [0, 0.1) is 12.8 Å². The van der Waals surface area contributed by atoms with Crippen molar-refractivity contribution in [2.45, 2.75) is 97.3 Å². The molecular formula is C19H37. The standard InChI is InChI=1S/C19H37/c1-4-5-6-7-8-9-10-11-12-13-14-15-16-17-18-19(2)3/h14-15,19H,2,4-13,16-18H2,1,3H3/b15-14+. The molecule has 0 saturated heterocycles. The molecule has 0 N–H and O–H groups in total. The Balaban J connectivity index is 3.03. The zero-order valence-corrected chi connectivity index (χ0v) is 13.6. The summed E-state index contributed by atoms with van der Waals surface area (Å²) in [6, 6.07) is 0. The van der Waals surface area contributed by atoms with Gasteiger partial charge >= 0.3 is 0 Å². The summed E-state index contributed by atoms with van der Waals surface area (Å²) >= 11 is 0. The third kappa shape index (κ3) is 17.7. The van der Waals surface area contributed by atoms with E-state index in [2.05, 4.69) is 32.9 Å². The molecule has 0 nitrogen and oxygen atoms in total. The lowest BCUT2D eigenvalue weighted by atomic mass is 10.1. The predicted octanol–water partition coefficient (Wildman–Crippen LogP) is 7.10. The molecule has 0 heteroatoms. The first-order valence-corrected chi connectivity index (χ1v) is 8.75. The summed E-state index contributed by atoms with van der Waals surface area (Å²) in [4.78, 5) is 0. The summed E-state index contributed by atoms with van der Waals surface area (Å²) in [5.41, 5.74) is 0. The number of unbranched alkanes of at least 4 members (excludes halogenated alkanes) is 10. The predicted molar refractivity (Wildman–Crippen MR) is 89.4 cm³/mol. The highest BCUT2D eigenvalue weighted by Gasteiger charge is 1.92. The highest BCUT2D eigenvalue weighted by Crippen LogP contribution is 2.11. The van der Waals surface area contributed by atoms with Crippen LogP contribution >= 0.6 is 0 Å². The molecule has 0 rings (SSSR count). The van der Waals surface area contributed by atoms with Gasteiger partial charge in [-0.3, -0.25) is 0 Å². The van der Waals surface area contributed by atoms with E-state index in [-0.39, 0.29) is 0 Å². The molecule has 0 aromatic rings. The lowest BCUT2D eigenvalue weighted by Crippen LogP contribution is -1.85. The summed E-state index contributed by atoms with van der Waals surface area (Å²) < 4.78 is 0. The van der Waals surface area contributed by atoms with Crippen LogP contribution < -0.4 is 0 Å². The van der Waals surface area contributed by atoms with Crippen molar-refractivity contribution in [3.05, 3.63) is 19.1 Å². The lowest BCUT2D eigenvalue weighted by Gasteiger charge is -2.01. The van der Waals surface area contributed by atoms with Crippen molar-refractivity contribution in [2.24, 2.45) is 5.92 Å². The Hall–Kier alpha value is -0.260. The second-order valence-electron chi connectivity index (χ2n) is 6.12. The number of hydrogen-bond donors (Lipinski definition) is 0. The second kappa shape index (κ2) is 15.8. The topological polar surface area (TPSA) is 0 Å². The van der Waals surface area contributed by atoms with E-state index >= 15 is 0 Å². The van der Waals surface area contributed by atoms with Crippen molar-refractivity contribution in [1.29, 1.82) is 0 Å². The van der Waals surface area contributed by atoms with Crippen LogP contribution in [0.15, 0.2) is 12.2 Å². The molecule has 0 aliphatic rings. The average molecular weight is 266 g/mol. The van der Waals surface area contributed by atoms with E-state index in [0.717, 1.165) is 0 Å².